The number of nitrogens with one attached hydrogen (secondary N) is 1. The van der Waals surface area contributed by atoms with Crippen LogP contribution in [0.25, 0.3) is 0 Å². The molecule has 0 aliphatic carbocycles. The highest BCUT2D eigenvalue weighted by atomic mass is 16.7. The van der Waals surface area contributed by atoms with Crippen molar-refractivity contribution >= 4 is 5.96 Å². The van der Waals surface area contributed by atoms with E-state index in [1.54, 1.807) is 0 Å². The van der Waals surface area contributed by atoms with E-state index in [0.29, 0.717) is 13.3 Å². The average molecular weight is 303 g/mol. The van der Waals surface area contributed by atoms with Gasteiger partial charge in [0.25, 0.3) is 0 Å². The lowest BCUT2D eigenvalue weighted by Gasteiger charge is -2.33. The normalized spacial score (nSPS) is 21.1. The Balaban J connectivity index is 1.69. The summed E-state index contributed by atoms with van der Waals surface area (Å²) in [7, 11) is 0. The predicted molar refractivity (Wildman–Crippen MR) is 87.4 cm³/mol. The van der Waals surface area contributed by atoms with Gasteiger partial charge in [-0.25, -0.2) is 4.99 Å². The molecule has 2 aliphatic rings. The van der Waals surface area contributed by atoms with Gasteiger partial charge in [0.1, 0.15) is 0 Å². The topological polar surface area (TPSA) is 46.1 Å². The maximum atomic E-state index is 5.43. The van der Waals surface area contributed by atoms with Crippen molar-refractivity contribution in [2.45, 2.75) is 33.2 Å². The molecule has 22 heavy (non-hydrogen) atoms. The summed E-state index contributed by atoms with van der Waals surface area (Å²) in [5, 5.41) is 3.42. The number of ether oxygens (including phenoxy) is 2. The van der Waals surface area contributed by atoms with Crippen LogP contribution < -0.4 is 14.8 Å². The van der Waals surface area contributed by atoms with E-state index in [1.807, 2.05) is 12.1 Å². The lowest BCUT2D eigenvalue weighted by atomic mass is 10.0. The third-order valence-electron chi connectivity index (χ3n) is 4.14. The molecule has 2 heterocycles. The van der Waals surface area contributed by atoms with Crippen molar-refractivity contribution in [2.24, 2.45) is 10.9 Å². The fourth-order valence-electron chi connectivity index (χ4n) is 3.01. The molecule has 1 fully saturated rings. The molecule has 1 saturated heterocycles. The van der Waals surface area contributed by atoms with Crippen LogP contribution in [0.2, 0.25) is 0 Å². The number of fused-ring (bicyclic) bond motifs is 1. The van der Waals surface area contributed by atoms with Gasteiger partial charge in [-0.1, -0.05) is 13.0 Å². The maximum absolute atomic E-state index is 5.43. The van der Waals surface area contributed by atoms with Gasteiger partial charge in [-0.05, 0) is 43.4 Å². The Bertz CT molecular complexity index is 545. The van der Waals surface area contributed by atoms with Crippen molar-refractivity contribution in [2.75, 3.05) is 26.4 Å². The zero-order valence-electron chi connectivity index (χ0n) is 13.5. The molecule has 0 aromatic heterocycles. The smallest absolute Gasteiger partial charge is 0.231 e. The first kappa shape index (κ1) is 15.0. The molecule has 1 aromatic rings. The SMILES string of the molecule is CCNC(=NCc1ccc2c(c1)OCO2)N1CCCC(C)C1. The first-order valence-electron chi connectivity index (χ1n) is 8.18. The van der Waals surface area contributed by atoms with Crippen LogP contribution in [0.1, 0.15) is 32.3 Å². The lowest BCUT2D eigenvalue weighted by Crippen LogP contribution is -2.46. The van der Waals surface area contributed by atoms with Crippen LogP contribution in [0.4, 0.5) is 0 Å². The van der Waals surface area contributed by atoms with E-state index in [-0.39, 0.29) is 0 Å². The molecule has 0 radical (unpaired) electrons. The monoisotopic (exact) mass is 303 g/mol. The van der Waals surface area contributed by atoms with Crippen LogP contribution in [0, 0.1) is 5.92 Å². The number of benzene rings is 1. The molecule has 0 saturated carbocycles. The molecule has 1 aromatic carbocycles. The highest BCUT2D eigenvalue weighted by Crippen LogP contribution is 2.32. The zero-order valence-corrected chi connectivity index (χ0v) is 13.5. The van der Waals surface area contributed by atoms with E-state index in [0.717, 1.165) is 48.6 Å². The van der Waals surface area contributed by atoms with E-state index >= 15 is 0 Å². The molecule has 3 rings (SSSR count). The number of nitrogens with zero attached hydrogens (tertiary/aromatic N) is 2. The van der Waals surface area contributed by atoms with Gasteiger partial charge in [0, 0.05) is 19.6 Å². The second-order valence-electron chi connectivity index (χ2n) is 6.05. The third kappa shape index (κ3) is 3.46. The highest BCUT2D eigenvalue weighted by Gasteiger charge is 2.19. The van der Waals surface area contributed by atoms with Crippen molar-refractivity contribution in [3.05, 3.63) is 23.8 Å². The number of likely N-dealkylation sites (tertiary alicyclic amines) is 1. The molecule has 0 amide bonds. The largest absolute Gasteiger partial charge is 0.454 e. The van der Waals surface area contributed by atoms with Crippen molar-refractivity contribution in [3.8, 4) is 11.5 Å². The lowest BCUT2D eigenvalue weighted by molar-refractivity contribution is 0.174. The first-order valence-corrected chi connectivity index (χ1v) is 8.18. The average Bonchev–Trinajstić information content (AvgIpc) is 2.99. The number of piperidine rings is 1. The summed E-state index contributed by atoms with van der Waals surface area (Å²) in [5.74, 6) is 3.41. The standard InChI is InChI=1S/C17H25N3O2/c1-3-18-17(20-8-4-5-13(2)11-20)19-10-14-6-7-15-16(9-14)22-12-21-15/h6-7,9,13H,3-5,8,10-12H2,1-2H3,(H,18,19). The minimum Gasteiger partial charge on any atom is -0.454 e. The summed E-state index contributed by atoms with van der Waals surface area (Å²) in [5.41, 5.74) is 1.14. The van der Waals surface area contributed by atoms with Crippen LogP contribution in [-0.2, 0) is 6.54 Å². The molecule has 0 spiro atoms. The van der Waals surface area contributed by atoms with Crippen LogP contribution in [0.3, 0.4) is 0 Å². The molecular weight excluding hydrogens is 278 g/mol. The van der Waals surface area contributed by atoms with E-state index in [1.165, 1.54) is 12.8 Å². The van der Waals surface area contributed by atoms with Crippen molar-refractivity contribution in [1.82, 2.24) is 10.2 Å². The number of rotatable bonds is 3. The molecule has 1 atom stereocenters. The Kier molecular flexibility index (Phi) is 4.71. The van der Waals surface area contributed by atoms with Gasteiger partial charge >= 0.3 is 0 Å². The number of guanidine groups is 1. The van der Waals surface area contributed by atoms with Crippen molar-refractivity contribution < 1.29 is 9.47 Å². The third-order valence-corrected chi connectivity index (χ3v) is 4.14. The van der Waals surface area contributed by atoms with E-state index in [2.05, 4.69) is 30.1 Å². The van der Waals surface area contributed by atoms with Crippen LogP contribution >= 0.6 is 0 Å². The van der Waals surface area contributed by atoms with Crippen LogP contribution in [0.5, 0.6) is 11.5 Å². The van der Waals surface area contributed by atoms with Gasteiger partial charge in [0.05, 0.1) is 6.54 Å². The van der Waals surface area contributed by atoms with E-state index in [4.69, 9.17) is 14.5 Å². The summed E-state index contributed by atoms with van der Waals surface area (Å²) in [6, 6.07) is 6.04. The second kappa shape index (κ2) is 6.90. The van der Waals surface area contributed by atoms with Gasteiger partial charge in [-0.15, -0.1) is 0 Å². The van der Waals surface area contributed by atoms with Crippen molar-refractivity contribution in [1.29, 1.82) is 0 Å². The van der Waals surface area contributed by atoms with E-state index < -0.39 is 0 Å². The zero-order chi connectivity index (χ0) is 15.4. The van der Waals surface area contributed by atoms with Gasteiger partial charge in [0.15, 0.2) is 17.5 Å². The fourth-order valence-corrected chi connectivity index (χ4v) is 3.01. The second-order valence-corrected chi connectivity index (χ2v) is 6.05. The summed E-state index contributed by atoms with van der Waals surface area (Å²) < 4.78 is 10.8. The minimum atomic E-state index is 0.316. The molecular formula is C17H25N3O2. The Labute approximate surface area is 132 Å². The Morgan fingerprint density at radius 1 is 1.36 bits per heavy atom. The molecule has 1 unspecified atom stereocenters. The van der Waals surface area contributed by atoms with Crippen LogP contribution in [-0.4, -0.2) is 37.3 Å². The minimum absolute atomic E-state index is 0.316. The number of aliphatic imine (C=N–C) groups is 1. The molecule has 0 bridgehead atoms. The maximum Gasteiger partial charge on any atom is 0.231 e. The first-order chi connectivity index (χ1) is 10.8. The van der Waals surface area contributed by atoms with Gasteiger partial charge in [-0.3, -0.25) is 0 Å². The molecule has 5 heteroatoms. The predicted octanol–water partition coefficient (Wildman–Crippen LogP) is 2.61. The number of hydrogen-bond donors (Lipinski definition) is 1. The fraction of sp³-hybridized carbons (Fsp3) is 0.588. The molecule has 2 aliphatic heterocycles. The summed E-state index contributed by atoms with van der Waals surface area (Å²) in [4.78, 5) is 7.18. The molecule has 5 nitrogen and oxygen atoms in total. The van der Waals surface area contributed by atoms with Crippen molar-refractivity contribution in [3.63, 3.8) is 0 Å². The molecule has 1 N–H and O–H groups in total. The summed E-state index contributed by atoms with van der Waals surface area (Å²) >= 11 is 0. The van der Waals surface area contributed by atoms with E-state index in [9.17, 15) is 0 Å². The summed E-state index contributed by atoms with van der Waals surface area (Å²) in [6.45, 7) is 8.48. The Hall–Kier alpha value is -1.91. The highest BCUT2D eigenvalue weighted by molar-refractivity contribution is 5.80. The van der Waals surface area contributed by atoms with Gasteiger partial charge in [0.2, 0.25) is 6.79 Å². The molecule has 120 valence electrons. The van der Waals surface area contributed by atoms with Crippen LogP contribution in [0.15, 0.2) is 23.2 Å². The quantitative estimate of drug-likeness (QED) is 0.689. The Morgan fingerprint density at radius 3 is 3.05 bits per heavy atom. The van der Waals surface area contributed by atoms with Gasteiger partial charge < -0.3 is 19.7 Å². The number of hydrogen-bond acceptors (Lipinski definition) is 3. The summed E-state index contributed by atoms with van der Waals surface area (Å²) in [6.07, 6.45) is 2.56. The van der Waals surface area contributed by atoms with Gasteiger partial charge in [-0.2, -0.15) is 0 Å². The Morgan fingerprint density at radius 2 is 2.23 bits per heavy atom.